The fourth-order valence-corrected chi connectivity index (χ4v) is 2.98. The number of carbonyl (C=O) groups is 1. The Labute approximate surface area is 109 Å². The molecule has 4 N–H and O–H groups in total. The molecule has 2 saturated heterocycles. The predicted molar refractivity (Wildman–Crippen MR) is 72.3 cm³/mol. The molecule has 0 aromatic rings. The van der Waals surface area contributed by atoms with Gasteiger partial charge in [0.2, 0.25) is 5.91 Å². The number of amides is 1. The second kappa shape index (κ2) is 7.07. The van der Waals surface area contributed by atoms with E-state index in [1.54, 1.807) is 0 Å². The second-order valence-electron chi connectivity index (χ2n) is 5.49. The highest BCUT2D eigenvalue weighted by molar-refractivity contribution is 5.81. The molecular formula is C13H26N4O. The Morgan fingerprint density at radius 2 is 2.28 bits per heavy atom. The number of hydrogen-bond acceptors (Lipinski definition) is 4. The van der Waals surface area contributed by atoms with E-state index in [1.165, 1.54) is 12.8 Å². The lowest BCUT2D eigenvalue weighted by Gasteiger charge is -2.32. The second-order valence-corrected chi connectivity index (χ2v) is 5.49. The Morgan fingerprint density at radius 1 is 1.39 bits per heavy atom. The number of piperidine rings is 1. The summed E-state index contributed by atoms with van der Waals surface area (Å²) in [5.41, 5.74) is 5.59. The molecule has 5 nitrogen and oxygen atoms in total. The third-order valence-corrected chi connectivity index (χ3v) is 3.99. The number of hydrogen-bond donors (Lipinski definition) is 3. The van der Waals surface area contributed by atoms with Crippen LogP contribution >= 0.6 is 0 Å². The van der Waals surface area contributed by atoms with Crippen molar-refractivity contribution in [2.24, 2.45) is 11.7 Å². The average molecular weight is 254 g/mol. The van der Waals surface area contributed by atoms with Crippen LogP contribution in [0.3, 0.4) is 0 Å². The Hall–Kier alpha value is -0.650. The molecule has 0 saturated carbocycles. The fraction of sp³-hybridized carbons (Fsp3) is 0.923. The van der Waals surface area contributed by atoms with Gasteiger partial charge in [-0.1, -0.05) is 0 Å². The van der Waals surface area contributed by atoms with Crippen LogP contribution in [0.25, 0.3) is 0 Å². The summed E-state index contributed by atoms with van der Waals surface area (Å²) in [6.07, 6.45) is 4.54. The monoisotopic (exact) mass is 254 g/mol. The molecule has 0 aromatic carbocycles. The van der Waals surface area contributed by atoms with Crippen LogP contribution < -0.4 is 16.4 Å². The van der Waals surface area contributed by atoms with Gasteiger partial charge in [-0.15, -0.1) is 0 Å². The molecule has 0 aromatic heterocycles. The van der Waals surface area contributed by atoms with E-state index in [4.69, 9.17) is 5.73 Å². The maximum Gasteiger partial charge on any atom is 0.237 e. The van der Waals surface area contributed by atoms with Crippen LogP contribution in [0.2, 0.25) is 0 Å². The molecule has 0 spiro atoms. The zero-order valence-corrected chi connectivity index (χ0v) is 11.2. The van der Waals surface area contributed by atoms with Gasteiger partial charge in [-0.2, -0.15) is 0 Å². The van der Waals surface area contributed by atoms with Gasteiger partial charge in [-0.25, -0.2) is 0 Å². The van der Waals surface area contributed by atoms with Gasteiger partial charge in [0.05, 0.1) is 6.04 Å². The Balaban J connectivity index is 1.67. The molecule has 2 unspecified atom stereocenters. The van der Waals surface area contributed by atoms with E-state index in [-0.39, 0.29) is 11.9 Å². The molecule has 104 valence electrons. The molecule has 0 radical (unpaired) electrons. The number of nitrogens with zero attached hydrogens (tertiary/aromatic N) is 1. The van der Waals surface area contributed by atoms with Crippen LogP contribution in [-0.2, 0) is 4.79 Å². The van der Waals surface area contributed by atoms with Gasteiger partial charge in [0.15, 0.2) is 0 Å². The topological polar surface area (TPSA) is 70.4 Å². The summed E-state index contributed by atoms with van der Waals surface area (Å²) in [6, 6.07) is 0.0498. The molecule has 2 heterocycles. The van der Waals surface area contributed by atoms with Gasteiger partial charge in [0.25, 0.3) is 0 Å². The minimum atomic E-state index is 0.0498. The average Bonchev–Trinajstić information content (AvgIpc) is 2.91. The molecule has 0 bridgehead atoms. The molecule has 2 aliphatic rings. The van der Waals surface area contributed by atoms with Crippen LogP contribution in [0, 0.1) is 5.92 Å². The highest BCUT2D eigenvalue weighted by Crippen LogP contribution is 2.15. The highest BCUT2D eigenvalue weighted by Gasteiger charge is 2.24. The standard InChI is InChI=1S/C13H26N4O/c14-5-8-17-7-2-3-11(10-17)9-16-13(18)12-4-1-6-15-12/h11-12,15H,1-10,14H2,(H,16,18). The van der Waals surface area contributed by atoms with Crippen molar-refractivity contribution in [2.45, 2.75) is 31.7 Å². The van der Waals surface area contributed by atoms with Gasteiger partial charge in [-0.05, 0) is 44.7 Å². The lowest BCUT2D eigenvalue weighted by molar-refractivity contribution is -0.123. The van der Waals surface area contributed by atoms with Crippen LogP contribution in [0.5, 0.6) is 0 Å². The van der Waals surface area contributed by atoms with Gasteiger partial charge in [0, 0.05) is 26.2 Å². The SMILES string of the molecule is NCCN1CCCC(CNC(=O)C2CCCN2)C1. The van der Waals surface area contributed by atoms with Crippen molar-refractivity contribution >= 4 is 5.91 Å². The zero-order chi connectivity index (χ0) is 12.8. The quantitative estimate of drug-likeness (QED) is 0.620. The largest absolute Gasteiger partial charge is 0.354 e. The molecule has 2 rings (SSSR count). The van der Waals surface area contributed by atoms with Crippen molar-refractivity contribution < 1.29 is 4.79 Å². The van der Waals surface area contributed by atoms with E-state index >= 15 is 0 Å². The lowest BCUT2D eigenvalue weighted by Crippen LogP contribution is -2.46. The van der Waals surface area contributed by atoms with Crippen molar-refractivity contribution in [1.29, 1.82) is 0 Å². The minimum Gasteiger partial charge on any atom is -0.354 e. The third kappa shape index (κ3) is 3.93. The van der Waals surface area contributed by atoms with E-state index in [0.29, 0.717) is 5.92 Å². The van der Waals surface area contributed by atoms with Crippen molar-refractivity contribution in [3.63, 3.8) is 0 Å². The summed E-state index contributed by atoms with van der Waals surface area (Å²) in [6.45, 7) is 5.74. The summed E-state index contributed by atoms with van der Waals surface area (Å²) < 4.78 is 0. The number of carbonyl (C=O) groups excluding carboxylic acids is 1. The Morgan fingerprint density at radius 3 is 3.00 bits per heavy atom. The van der Waals surface area contributed by atoms with Gasteiger partial charge in [-0.3, -0.25) is 4.79 Å². The van der Waals surface area contributed by atoms with Crippen molar-refractivity contribution in [3.05, 3.63) is 0 Å². The van der Waals surface area contributed by atoms with Crippen LogP contribution in [0.15, 0.2) is 0 Å². The number of nitrogens with two attached hydrogens (primary N) is 1. The number of nitrogens with one attached hydrogen (secondary N) is 2. The van der Waals surface area contributed by atoms with Gasteiger partial charge >= 0.3 is 0 Å². The lowest BCUT2D eigenvalue weighted by atomic mass is 9.98. The highest BCUT2D eigenvalue weighted by atomic mass is 16.2. The third-order valence-electron chi connectivity index (χ3n) is 3.99. The van der Waals surface area contributed by atoms with Crippen molar-refractivity contribution in [1.82, 2.24) is 15.5 Å². The first-order valence-electron chi connectivity index (χ1n) is 7.23. The summed E-state index contributed by atoms with van der Waals surface area (Å²) in [4.78, 5) is 14.3. The summed E-state index contributed by atoms with van der Waals surface area (Å²) in [5, 5.41) is 6.33. The summed E-state index contributed by atoms with van der Waals surface area (Å²) >= 11 is 0. The molecule has 1 amide bonds. The van der Waals surface area contributed by atoms with Crippen LogP contribution in [0.1, 0.15) is 25.7 Å². The van der Waals surface area contributed by atoms with E-state index in [9.17, 15) is 4.79 Å². The molecule has 0 aliphatic carbocycles. The molecule has 18 heavy (non-hydrogen) atoms. The summed E-state index contributed by atoms with van der Waals surface area (Å²) in [5.74, 6) is 0.777. The van der Waals surface area contributed by atoms with E-state index in [2.05, 4.69) is 15.5 Å². The maximum atomic E-state index is 11.9. The van der Waals surface area contributed by atoms with Crippen LogP contribution in [-0.4, -0.2) is 56.1 Å². The Kier molecular flexibility index (Phi) is 5.41. The molecule has 2 atom stereocenters. The fourth-order valence-electron chi connectivity index (χ4n) is 2.98. The predicted octanol–water partition coefficient (Wildman–Crippen LogP) is -0.475. The number of likely N-dealkylation sites (tertiary alicyclic amines) is 1. The zero-order valence-electron chi connectivity index (χ0n) is 11.2. The Bertz CT molecular complexity index is 264. The maximum absolute atomic E-state index is 11.9. The van der Waals surface area contributed by atoms with E-state index < -0.39 is 0 Å². The first kappa shape index (κ1) is 13.8. The minimum absolute atomic E-state index is 0.0498. The van der Waals surface area contributed by atoms with Crippen molar-refractivity contribution in [3.8, 4) is 0 Å². The molecular weight excluding hydrogens is 228 g/mol. The van der Waals surface area contributed by atoms with E-state index in [1.807, 2.05) is 0 Å². The molecule has 5 heteroatoms. The number of rotatable bonds is 5. The van der Waals surface area contributed by atoms with Gasteiger partial charge in [0.1, 0.15) is 0 Å². The molecule has 2 aliphatic heterocycles. The smallest absolute Gasteiger partial charge is 0.237 e. The van der Waals surface area contributed by atoms with Crippen molar-refractivity contribution in [2.75, 3.05) is 39.3 Å². The van der Waals surface area contributed by atoms with E-state index in [0.717, 1.165) is 52.1 Å². The van der Waals surface area contributed by atoms with Crippen LogP contribution in [0.4, 0.5) is 0 Å². The molecule has 2 fully saturated rings. The summed E-state index contributed by atoms with van der Waals surface area (Å²) in [7, 11) is 0. The first-order valence-corrected chi connectivity index (χ1v) is 7.23. The first-order chi connectivity index (χ1) is 8.79. The normalized spacial score (nSPS) is 29.4. The van der Waals surface area contributed by atoms with Gasteiger partial charge < -0.3 is 21.3 Å².